The van der Waals surface area contributed by atoms with Gasteiger partial charge in [0.25, 0.3) is 0 Å². The fourth-order valence-electron chi connectivity index (χ4n) is 2.77. The minimum Gasteiger partial charge on any atom is -0.370 e. The summed E-state index contributed by atoms with van der Waals surface area (Å²) in [5.74, 6) is -0.232. The highest BCUT2D eigenvalue weighted by Gasteiger charge is 2.31. The summed E-state index contributed by atoms with van der Waals surface area (Å²) in [5, 5.41) is 2.67. The Morgan fingerprint density at radius 1 is 1.22 bits per heavy atom. The molecule has 6 heteroatoms. The number of alkyl halides is 3. The molecule has 1 aromatic rings. The SMILES string of the molecule is CCCCC(=O)Nc1cc(C(F)(F)F)ccc1N1CCCCC1. The number of nitrogens with zero attached hydrogens (tertiary/aromatic N) is 1. The second-order valence-electron chi connectivity index (χ2n) is 5.93. The molecule has 1 N–H and O–H groups in total. The normalized spacial score (nSPS) is 15.6. The van der Waals surface area contributed by atoms with E-state index in [4.69, 9.17) is 0 Å². The highest BCUT2D eigenvalue weighted by molar-refractivity contribution is 5.94. The summed E-state index contributed by atoms with van der Waals surface area (Å²) < 4.78 is 38.9. The van der Waals surface area contributed by atoms with Crippen LogP contribution >= 0.6 is 0 Å². The summed E-state index contributed by atoms with van der Waals surface area (Å²) in [6, 6.07) is 3.61. The lowest BCUT2D eigenvalue weighted by Crippen LogP contribution is -2.30. The molecule has 1 aromatic carbocycles. The van der Waals surface area contributed by atoms with Crippen molar-refractivity contribution in [1.29, 1.82) is 0 Å². The van der Waals surface area contributed by atoms with Crippen molar-refractivity contribution in [3.05, 3.63) is 23.8 Å². The number of rotatable bonds is 5. The quantitative estimate of drug-likeness (QED) is 0.840. The van der Waals surface area contributed by atoms with Crippen molar-refractivity contribution in [2.45, 2.75) is 51.6 Å². The second kappa shape index (κ2) is 7.70. The monoisotopic (exact) mass is 328 g/mol. The topological polar surface area (TPSA) is 32.3 Å². The van der Waals surface area contributed by atoms with Crippen LogP contribution in [0.15, 0.2) is 18.2 Å². The maximum absolute atomic E-state index is 13.0. The second-order valence-corrected chi connectivity index (χ2v) is 5.93. The molecule has 0 radical (unpaired) electrons. The van der Waals surface area contributed by atoms with E-state index in [1.165, 1.54) is 6.07 Å². The largest absolute Gasteiger partial charge is 0.416 e. The summed E-state index contributed by atoms with van der Waals surface area (Å²) in [5.41, 5.74) is 0.217. The van der Waals surface area contributed by atoms with Crippen LogP contribution in [0.2, 0.25) is 0 Å². The van der Waals surface area contributed by atoms with Gasteiger partial charge in [0.2, 0.25) is 5.91 Å². The number of piperidine rings is 1. The molecular formula is C17H23F3N2O. The van der Waals surface area contributed by atoms with E-state index in [1.54, 1.807) is 0 Å². The first-order valence-corrected chi connectivity index (χ1v) is 8.18. The first-order valence-electron chi connectivity index (χ1n) is 8.18. The summed E-state index contributed by atoms with van der Waals surface area (Å²) in [6.45, 7) is 3.59. The van der Waals surface area contributed by atoms with Crippen molar-refractivity contribution in [2.75, 3.05) is 23.3 Å². The van der Waals surface area contributed by atoms with Gasteiger partial charge >= 0.3 is 6.18 Å². The van der Waals surface area contributed by atoms with Gasteiger partial charge in [-0.2, -0.15) is 13.2 Å². The van der Waals surface area contributed by atoms with Crippen molar-refractivity contribution < 1.29 is 18.0 Å². The number of nitrogens with one attached hydrogen (secondary N) is 1. The molecule has 1 aliphatic heterocycles. The molecule has 0 unspecified atom stereocenters. The third-order valence-corrected chi connectivity index (χ3v) is 4.05. The Kier molecular flexibility index (Phi) is 5.91. The fraction of sp³-hybridized carbons (Fsp3) is 0.588. The predicted molar refractivity (Wildman–Crippen MR) is 85.7 cm³/mol. The van der Waals surface area contributed by atoms with Crippen LogP contribution in [0.3, 0.4) is 0 Å². The van der Waals surface area contributed by atoms with E-state index >= 15 is 0 Å². The maximum Gasteiger partial charge on any atom is 0.416 e. The van der Waals surface area contributed by atoms with E-state index in [0.29, 0.717) is 12.1 Å². The number of carbonyl (C=O) groups excluding carboxylic acids is 1. The average molecular weight is 328 g/mol. The number of hydrogen-bond donors (Lipinski definition) is 1. The van der Waals surface area contributed by atoms with E-state index in [-0.39, 0.29) is 11.6 Å². The number of unbranched alkanes of at least 4 members (excludes halogenated alkanes) is 1. The summed E-state index contributed by atoms with van der Waals surface area (Å²) in [4.78, 5) is 14.0. The Labute approximate surface area is 134 Å². The molecular weight excluding hydrogens is 305 g/mol. The van der Waals surface area contributed by atoms with Crippen LogP contribution < -0.4 is 10.2 Å². The highest BCUT2D eigenvalue weighted by Crippen LogP contribution is 2.36. The summed E-state index contributed by atoms with van der Waals surface area (Å²) >= 11 is 0. The third-order valence-electron chi connectivity index (χ3n) is 4.05. The average Bonchev–Trinajstić information content (AvgIpc) is 2.53. The molecule has 3 nitrogen and oxygen atoms in total. The number of anilines is 2. The van der Waals surface area contributed by atoms with Gasteiger partial charge in [0.15, 0.2) is 0 Å². The Morgan fingerprint density at radius 2 is 1.91 bits per heavy atom. The fourth-order valence-corrected chi connectivity index (χ4v) is 2.77. The van der Waals surface area contributed by atoms with Crippen molar-refractivity contribution >= 4 is 17.3 Å². The van der Waals surface area contributed by atoms with Crippen LogP contribution in [-0.2, 0) is 11.0 Å². The van der Waals surface area contributed by atoms with Gasteiger partial charge in [-0.25, -0.2) is 0 Å². The first-order chi connectivity index (χ1) is 10.9. The zero-order valence-electron chi connectivity index (χ0n) is 13.4. The Bertz CT molecular complexity index is 537. The van der Waals surface area contributed by atoms with Gasteiger partial charge in [0.05, 0.1) is 16.9 Å². The third kappa shape index (κ3) is 4.88. The van der Waals surface area contributed by atoms with Gasteiger partial charge in [0, 0.05) is 19.5 Å². The molecule has 0 atom stereocenters. The van der Waals surface area contributed by atoms with Crippen LogP contribution in [0.5, 0.6) is 0 Å². The molecule has 0 saturated carbocycles. The number of benzene rings is 1. The van der Waals surface area contributed by atoms with Crippen LogP contribution in [0.4, 0.5) is 24.5 Å². The van der Waals surface area contributed by atoms with E-state index in [9.17, 15) is 18.0 Å². The van der Waals surface area contributed by atoms with Crippen LogP contribution in [0.25, 0.3) is 0 Å². The minimum absolute atomic E-state index is 0.232. The van der Waals surface area contributed by atoms with E-state index in [0.717, 1.165) is 57.3 Å². The molecule has 0 bridgehead atoms. The van der Waals surface area contributed by atoms with Crippen molar-refractivity contribution in [3.8, 4) is 0 Å². The molecule has 1 amide bonds. The van der Waals surface area contributed by atoms with Crippen LogP contribution in [-0.4, -0.2) is 19.0 Å². The molecule has 23 heavy (non-hydrogen) atoms. The Balaban J connectivity index is 2.27. The van der Waals surface area contributed by atoms with Gasteiger partial charge < -0.3 is 10.2 Å². The molecule has 2 rings (SSSR count). The molecule has 1 heterocycles. The van der Waals surface area contributed by atoms with Crippen molar-refractivity contribution in [3.63, 3.8) is 0 Å². The molecule has 1 fully saturated rings. The lowest BCUT2D eigenvalue weighted by molar-refractivity contribution is -0.137. The molecule has 0 aromatic heterocycles. The maximum atomic E-state index is 13.0. The molecule has 0 spiro atoms. The van der Waals surface area contributed by atoms with E-state index < -0.39 is 11.7 Å². The van der Waals surface area contributed by atoms with Gasteiger partial charge in [-0.15, -0.1) is 0 Å². The smallest absolute Gasteiger partial charge is 0.370 e. The van der Waals surface area contributed by atoms with Crippen LogP contribution in [0, 0.1) is 0 Å². The molecule has 0 aliphatic carbocycles. The van der Waals surface area contributed by atoms with Gasteiger partial charge in [0.1, 0.15) is 0 Å². The lowest BCUT2D eigenvalue weighted by Gasteiger charge is -2.31. The summed E-state index contributed by atoms with van der Waals surface area (Å²) in [7, 11) is 0. The predicted octanol–water partition coefficient (Wildman–Crippen LogP) is 4.82. The molecule has 1 aliphatic rings. The molecule has 128 valence electrons. The van der Waals surface area contributed by atoms with Gasteiger partial charge in [-0.05, 0) is 43.9 Å². The zero-order valence-corrected chi connectivity index (χ0v) is 13.4. The highest BCUT2D eigenvalue weighted by atomic mass is 19.4. The van der Waals surface area contributed by atoms with E-state index in [2.05, 4.69) is 10.2 Å². The Hall–Kier alpha value is -1.72. The van der Waals surface area contributed by atoms with Crippen LogP contribution in [0.1, 0.15) is 51.0 Å². The number of halogens is 3. The zero-order chi connectivity index (χ0) is 16.9. The number of amides is 1. The number of hydrogen-bond acceptors (Lipinski definition) is 2. The molecule has 1 saturated heterocycles. The summed E-state index contributed by atoms with van der Waals surface area (Å²) in [6.07, 6.45) is 0.679. The first kappa shape index (κ1) is 17.6. The van der Waals surface area contributed by atoms with Gasteiger partial charge in [-0.3, -0.25) is 4.79 Å². The van der Waals surface area contributed by atoms with E-state index in [1.807, 2.05) is 6.92 Å². The van der Waals surface area contributed by atoms with Crippen molar-refractivity contribution in [2.24, 2.45) is 0 Å². The lowest BCUT2D eigenvalue weighted by atomic mass is 10.1. The minimum atomic E-state index is -4.41. The number of carbonyl (C=O) groups is 1. The standard InChI is InChI=1S/C17H23F3N2O/c1-2-3-7-16(23)21-14-12-13(17(18,19)20)8-9-15(14)22-10-5-4-6-11-22/h8-9,12H,2-7,10-11H2,1H3,(H,21,23). The van der Waals surface area contributed by atoms with Gasteiger partial charge in [-0.1, -0.05) is 13.3 Å². The Morgan fingerprint density at radius 3 is 2.52 bits per heavy atom. The van der Waals surface area contributed by atoms with Crippen molar-refractivity contribution in [1.82, 2.24) is 0 Å².